The van der Waals surface area contributed by atoms with E-state index in [2.05, 4.69) is 67.7 Å². The van der Waals surface area contributed by atoms with E-state index in [0.717, 1.165) is 32.1 Å². The zero-order valence-corrected chi connectivity index (χ0v) is 17.0. The monoisotopic (exact) mass is 352 g/mol. The van der Waals surface area contributed by atoms with Crippen LogP contribution in [0.5, 0.6) is 0 Å². The second-order valence-corrected chi connectivity index (χ2v) is 7.33. The van der Waals surface area contributed by atoms with Gasteiger partial charge in [0.05, 0.1) is 6.54 Å². The summed E-state index contributed by atoms with van der Waals surface area (Å²) in [5.74, 6) is 1.41. The molecule has 1 heterocycles. The first-order chi connectivity index (χ1) is 11.6. The summed E-state index contributed by atoms with van der Waals surface area (Å²) in [6, 6.07) is 4.75. The van der Waals surface area contributed by atoms with Crippen molar-refractivity contribution in [2.45, 2.75) is 59.4 Å². The Morgan fingerprint density at radius 1 is 1.25 bits per heavy atom. The van der Waals surface area contributed by atoms with Gasteiger partial charge in [-0.15, -0.1) is 11.3 Å². The van der Waals surface area contributed by atoms with Crippen molar-refractivity contribution in [1.29, 1.82) is 0 Å². The molecule has 0 aromatic carbocycles. The molecular weight excluding hydrogens is 316 g/mol. The molecule has 0 saturated heterocycles. The zero-order chi connectivity index (χ0) is 17.8. The smallest absolute Gasteiger partial charge is 0.191 e. The van der Waals surface area contributed by atoms with Crippen LogP contribution in [0.4, 0.5) is 0 Å². The number of hydrogen-bond donors (Lipinski definition) is 2. The Bertz CT molecular complexity index is 440. The third-order valence-corrected chi connectivity index (χ3v) is 5.39. The van der Waals surface area contributed by atoms with Crippen molar-refractivity contribution in [2.75, 3.05) is 32.7 Å². The second-order valence-electron chi connectivity index (χ2n) is 6.35. The summed E-state index contributed by atoms with van der Waals surface area (Å²) in [7, 11) is 0. The maximum absolute atomic E-state index is 4.78. The van der Waals surface area contributed by atoms with Gasteiger partial charge in [0.1, 0.15) is 0 Å². The molecule has 0 fully saturated rings. The van der Waals surface area contributed by atoms with Crippen LogP contribution in [-0.4, -0.2) is 49.6 Å². The number of rotatable bonds is 11. The van der Waals surface area contributed by atoms with Crippen LogP contribution in [0.15, 0.2) is 22.5 Å². The lowest BCUT2D eigenvalue weighted by Gasteiger charge is -2.21. The Labute approximate surface area is 152 Å². The Balaban J connectivity index is 2.41. The minimum Gasteiger partial charge on any atom is -0.357 e. The molecule has 5 heteroatoms. The molecule has 1 aromatic rings. The van der Waals surface area contributed by atoms with Crippen molar-refractivity contribution in [3.63, 3.8) is 0 Å². The number of nitrogens with zero attached hydrogens (tertiary/aromatic N) is 2. The Morgan fingerprint density at radius 2 is 2.00 bits per heavy atom. The Kier molecular flexibility index (Phi) is 10.8. The van der Waals surface area contributed by atoms with Crippen molar-refractivity contribution in [3.05, 3.63) is 22.4 Å². The van der Waals surface area contributed by atoms with E-state index >= 15 is 0 Å². The highest BCUT2D eigenvalue weighted by atomic mass is 32.1. The van der Waals surface area contributed by atoms with Gasteiger partial charge in [-0.05, 0) is 57.8 Å². The van der Waals surface area contributed by atoms with Gasteiger partial charge in [-0.3, -0.25) is 4.99 Å². The van der Waals surface area contributed by atoms with E-state index in [9.17, 15) is 0 Å². The summed E-state index contributed by atoms with van der Waals surface area (Å²) < 4.78 is 0. The molecule has 138 valence electrons. The fourth-order valence-corrected chi connectivity index (χ4v) is 3.45. The average molecular weight is 353 g/mol. The van der Waals surface area contributed by atoms with Gasteiger partial charge in [0.2, 0.25) is 0 Å². The van der Waals surface area contributed by atoms with E-state index in [-0.39, 0.29) is 0 Å². The lowest BCUT2D eigenvalue weighted by Crippen LogP contribution is -2.42. The molecule has 0 aliphatic rings. The topological polar surface area (TPSA) is 39.7 Å². The Hall–Kier alpha value is -1.07. The van der Waals surface area contributed by atoms with E-state index in [1.165, 1.54) is 24.3 Å². The maximum atomic E-state index is 4.78. The molecule has 24 heavy (non-hydrogen) atoms. The highest BCUT2D eigenvalue weighted by Gasteiger charge is 2.09. The first-order valence-corrected chi connectivity index (χ1v) is 10.3. The lowest BCUT2D eigenvalue weighted by atomic mass is 10.1. The van der Waals surface area contributed by atoms with Gasteiger partial charge in [-0.25, -0.2) is 0 Å². The quantitative estimate of drug-likeness (QED) is 0.468. The number of nitrogens with one attached hydrogen (secondary N) is 2. The minimum atomic E-state index is 0.440. The van der Waals surface area contributed by atoms with E-state index in [0.29, 0.717) is 12.0 Å². The van der Waals surface area contributed by atoms with Crippen LogP contribution in [0.2, 0.25) is 0 Å². The molecule has 0 aliphatic heterocycles. The van der Waals surface area contributed by atoms with Crippen molar-refractivity contribution in [1.82, 2.24) is 15.5 Å². The fourth-order valence-electron chi connectivity index (χ4n) is 2.68. The van der Waals surface area contributed by atoms with Crippen molar-refractivity contribution in [2.24, 2.45) is 4.99 Å². The first kappa shape index (κ1) is 21.0. The summed E-state index contributed by atoms with van der Waals surface area (Å²) >= 11 is 1.81. The first-order valence-electron chi connectivity index (χ1n) is 9.41. The predicted octanol–water partition coefficient (Wildman–Crippen LogP) is 3.92. The van der Waals surface area contributed by atoms with Crippen LogP contribution in [0.1, 0.15) is 58.3 Å². The fraction of sp³-hybridized carbons (Fsp3) is 0.737. The summed E-state index contributed by atoms with van der Waals surface area (Å²) in [5.41, 5.74) is 0. The van der Waals surface area contributed by atoms with Crippen molar-refractivity contribution < 1.29 is 0 Å². The number of aliphatic imine (C=N–C) groups is 1. The van der Waals surface area contributed by atoms with Crippen LogP contribution in [0.3, 0.4) is 0 Å². The van der Waals surface area contributed by atoms with Gasteiger partial charge in [0.15, 0.2) is 5.96 Å². The Morgan fingerprint density at radius 3 is 2.58 bits per heavy atom. The largest absolute Gasteiger partial charge is 0.357 e. The SMILES string of the molecule is CCNC(=NCC(C)c1cccs1)NC(C)CCCN(CC)CC. The van der Waals surface area contributed by atoms with Crippen LogP contribution < -0.4 is 10.6 Å². The molecule has 4 nitrogen and oxygen atoms in total. The molecule has 0 aliphatic carbocycles. The summed E-state index contributed by atoms with van der Waals surface area (Å²) in [6.07, 6.45) is 2.39. The standard InChI is InChI=1S/C19H36N4S/c1-6-20-19(21-15-16(4)18-12-10-14-24-18)22-17(5)11-9-13-23(7-2)8-3/h10,12,14,16-17H,6-9,11,13,15H2,1-5H3,(H2,20,21,22). The molecule has 2 atom stereocenters. The number of guanidine groups is 1. The molecule has 2 N–H and O–H groups in total. The lowest BCUT2D eigenvalue weighted by molar-refractivity contribution is 0.292. The van der Waals surface area contributed by atoms with Crippen LogP contribution in [-0.2, 0) is 0 Å². The third-order valence-electron chi connectivity index (χ3n) is 4.29. The van der Waals surface area contributed by atoms with E-state index in [1.54, 1.807) is 0 Å². The number of thiophene rings is 1. The summed E-state index contributed by atoms with van der Waals surface area (Å²) in [6.45, 7) is 16.3. The molecule has 1 aromatic heterocycles. The number of hydrogen-bond acceptors (Lipinski definition) is 3. The van der Waals surface area contributed by atoms with Gasteiger partial charge in [-0.1, -0.05) is 26.8 Å². The highest BCUT2D eigenvalue weighted by molar-refractivity contribution is 7.10. The molecule has 0 spiro atoms. The van der Waals surface area contributed by atoms with Crippen LogP contribution in [0, 0.1) is 0 Å². The second kappa shape index (κ2) is 12.3. The summed E-state index contributed by atoms with van der Waals surface area (Å²) in [5, 5.41) is 9.06. The third kappa shape index (κ3) is 8.15. The predicted molar refractivity (Wildman–Crippen MR) is 108 cm³/mol. The van der Waals surface area contributed by atoms with E-state index < -0.39 is 0 Å². The van der Waals surface area contributed by atoms with Gasteiger partial charge in [-0.2, -0.15) is 0 Å². The molecule has 0 amide bonds. The average Bonchev–Trinajstić information content (AvgIpc) is 3.11. The molecule has 0 bridgehead atoms. The van der Waals surface area contributed by atoms with Gasteiger partial charge in [0, 0.05) is 23.4 Å². The molecular formula is C19H36N4S. The minimum absolute atomic E-state index is 0.440. The summed E-state index contributed by atoms with van der Waals surface area (Å²) in [4.78, 5) is 8.66. The van der Waals surface area contributed by atoms with Crippen LogP contribution in [0.25, 0.3) is 0 Å². The molecule has 0 radical (unpaired) electrons. The van der Waals surface area contributed by atoms with Gasteiger partial charge in [0.25, 0.3) is 0 Å². The van der Waals surface area contributed by atoms with Crippen molar-refractivity contribution in [3.8, 4) is 0 Å². The van der Waals surface area contributed by atoms with Gasteiger partial charge < -0.3 is 15.5 Å². The zero-order valence-electron chi connectivity index (χ0n) is 16.1. The molecule has 2 unspecified atom stereocenters. The molecule has 0 saturated carbocycles. The normalized spacial score (nSPS) is 14.7. The highest BCUT2D eigenvalue weighted by Crippen LogP contribution is 2.20. The van der Waals surface area contributed by atoms with Gasteiger partial charge >= 0.3 is 0 Å². The van der Waals surface area contributed by atoms with E-state index in [1.807, 2.05) is 11.3 Å². The van der Waals surface area contributed by atoms with Crippen molar-refractivity contribution >= 4 is 17.3 Å². The van der Waals surface area contributed by atoms with E-state index in [4.69, 9.17) is 4.99 Å². The van der Waals surface area contributed by atoms with Crippen LogP contribution >= 0.6 is 11.3 Å². The molecule has 1 rings (SSSR count). The maximum Gasteiger partial charge on any atom is 0.191 e.